The van der Waals surface area contributed by atoms with Crippen LogP contribution in [0, 0.1) is 0 Å². The van der Waals surface area contributed by atoms with Gasteiger partial charge in [0.05, 0.1) is 10.7 Å². The van der Waals surface area contributed by atoms with Crippen molar-refractivity contribution in [1.29, 1.82) is 0 Å². The standard InChI is InChI=1S/C15H25NO3/c1-12(2)16-10-14(17)11-19-15-6-4-13(5-7-15)8-9-18-3/h4-7,12,14,16-17H,8-11H2,1-3H3/i1D3,8D2,9D2,14D. The van der Waals surface area contributed by atoms with Crippen LogP contribution in [0.1, 0.15) is 30.3 Å². The maximum Gasteiger partial charge on any atom is 0.119 e. The largest absolute Gasteiger partial charge is 0.491 e. The predicted octanol–water partition coefficient (Wildman–Crippen LogP) is 1.61. The monoisotopic (exact) mass is 275 g/mol. The maximum absolute atomic E-state index is 9.98. The summed E-state index contributed by atoms with van der Waals surface area (Å²) in [6.45, 7) is -4.11. The minimum absolute atomic E-state index is 0.0380. The number of hydrogen-bond donors (Lipinski definition) is 2. The second-order valence-electron chi connectivity index (χ2n) is 3.91. The van der Waals surface area contributed by atoms with Gasteiger partial charge in [-0.2, -0.15) is 0 Å². The number of methoxy groups -OCH3 is 1. The maximum atomic E-state index is 9.98. The van der Waals surface area contributed by atoms with Gasteiger partial charge in [-0.05, 0) is 24.1 Å². The summed E-state index contributed by atoms with van der Waals surface area (Å²) < 4.78 is 70.3. The first kappa shape index (κ1) is 7.62. The number of ether oxygens (including phenoxy) is 2. The molecule has 19 heavy (non-hydrogen) atoms. The van der Waals surface area contributed by atoms with Gasteiger partial charge < -0.3 is 19.9 Å². The van der Waals surface area contributed by atoms with Gasteiger partial charge in [-0.3, -0.25) is 0 Å². The Morgan fingerprint density at radius 2 is 2.21 bits per heavy atom. The fourth-order valence-electron chi connectivity index (χ4n) is 1.23. The summed E-state index contributed by atoms with van der Waals surface area (Å²) in [6, 6.07) is 4.52. The third-order valence-corrected chi connectivity index (χ3v) is 2.17. The molecule has 4 heteroatoms. The lowest BCUT2D eigenvalue weighted by molar-refractivity contribution is 0.104. The number of nitrogens with one attached hydrogen (secondary N) is 1. The zero-order valence-electron chi connectivity index (χ0n) is 19.1. The van der Waals surface area contributed by atoms with Crippen molar-refractivity contribution in [2.24, 2.45) is 0 Å². The van der Waals surface area contributed by atoms with Crippen LogP contribution in [0.2, 0.25) is 0 Å². The Labute approximate surface area is 127 Å². The predicted molar refractivity (Wildman–Crippen MR) is 76.7 cm³/mol. The summed E-state index contributed by atoms with van der Waals surface area (Å²) in [5.41, 5.74) is 0.0380. The molecule has 0 radical (unpaired) electrons. The van der Waals surface area contributed by atoms with E-state index in [9.17, 15) is 5.11 Å². The van der Waals surface area contributed by atoms with Crippen LogP contribution < -0.4 is 10.1 Å². The van der Waals surface area contributed by atoms with Crippen molar-refractivity contribution in [2.75, 3.05) is 26.8 Å². The normalized spacial score (nSPS) is 24.2. The Kier molecular flexibility index (Phi) is 3.57. The number of rotatable bonds is 9. The van der Waals surface area contributed by atoms with Crippen molar-refractivity contribution in [3.63, 3.8) is 0 Å². The van der Waals surface area contributed by atoms with E-state index in [0.717, 1.165) is 7.11 Å². The van der Waals surface area contributed by atoms with E-state index in [1.165, 1.54) is 31.2 Å². The van der Waals surface area contributed by atoms with E-state index in [1.54, 1.807) is 0 Å². The van der Waals surface area contributed by atoms with Crippen LogP contribution in [-0.4, -0.2) is 44.0 Å². The number of aliphatic hydroxyl groups is 1. The summed E-state index contributed by atoms with van der Waals surface area (Å²) in [7, 11) is 1.07. The van der Waals surface area contributed by atoms with Gasteiger partial charge in [0.2, 0.25) is 0 Å². The highest BCUT2D eigenvalue weighted by Crippen LogP contribution is 2.12. The molecule has 1 rings (SSSR count). The molecule has 1 aromatic rings. The lowest BCUT2D eigenvalue weighted by Crippen LogP contribution is -2.35. The summed E-state index contributed by atoms with van der Waals surface area (Å²) in [4.78, 5) is 0. The third kappa shape index (κ3) is 7.15. The van der Waals surface area contributed by atoms with Gasteiger partial charge in [0.25, 0.3) is 0 Å². The van der Waals surface area contributed by atoms with Crippen LogP contribution in [0.25, 0.3) is 0 Å². The fourth-order valence-corrected chi connectivity index (χ4v) is 1.23. The molecule has 0 spiro atoms. The minimum atomic E-state index is -2.53. The molecule has 0 amide bonds. The Morgan fingerprint density at radius 3 is 2.84 bits per heavy atom. The Bertz CT molecular complexity index is 604. The Hall–Kier alpha value is -1.10. The van der Waals surface area contributed by atoms with Crippen molar-refractivity contribution < 1.29 is 25.5 Å². The average molecular weight is 275 g/mol. The molecule has 0 aliphatic heterocycles. The third-order valence-electron chi connectivity index (χ3n) is 2.17. The van der Waals surface area contributed by atoms with Gasteiger partial charge in [-0.25, -0.2) is 0 Å². The van der Waals surface area contributed by atoms with E-state index < -0.39 is 38.5 Å². The summed E-state index contributed by atoms with van der Waals surface area (Å²) in [5.74, 6) is 0.238. The van der Waals surface area contributed by atoms with Crippen LogP contribution >= 0.6 is 0 Å². The quantitative estimate of drug-likeness (QED) is 0.719. The Balaban J connectivity index is 2.68. The van der Waals surface area contributed by atoms with E-state index in [2.05, 4.69) is 10.1 Å². The molecule has 1 aromatic carbocycles. The number of aryl methyl sites for hydroxylation is 1. The van der Waals surface area contributed by atoms with Crippen LogP contribution in [-0.2, 0) is 11.1 Å². The van der Waals surface area contributed by atoms with Gasteiger partial charge in [-0.1, -0.05) is 25.9 Å². The van der Waals surface area contributed by atoms with E-state index in [0.29, 0.717) is 0 Å². The molecule has 0 heterocycles. The van der Waals surface area contributed by atoms with Crippen molar-refractivity contribution in [1.82, 2.24) is 5.32 Å². The molecule has 0 saturated heterocycles. The van der Waals surface area contributed by atoms with Gasteiger partial charge in [0.1, 0.15) is 18.4 Å². The highest BCUT2D eigenvalue weighted by atomic mass is 16.5. The van der Waals surface area contributed by atoms with Gasteiger partial charge in [0.15, 0.2) is 0 Å². The van der Waals surface area contributed by atoms with Crippen LogP contribution in [0.15, 0.2) is 24.3 Å². The molecule has 2 unspecified atom stereocenters. The average Bonchev–Trinajstić information content (AvgIpc) is 2.57. The van der Waals surface area contributed by atoms with E-state index in [4.69, 9.17) is 15.7 Å². The molecule has 0 aliphatic rings. The summed E-state index contributed by atoms with van der Waals surface area (Å²) >= 11 is 0. The number of hydrogen-bond acceptors (Lipinski definition) is 4. The van der Waals surface area contributed by atoms with Gasteiger partial charge in [0, 0.05) is 26.6 Å². The highest BCUT2D eigenvalue weighted by molar-refractivity contribution is 5.27. The second-order valence-corrected chi connectivity index (χ2v) is 3.91. The van der Waals surface area contributed by atoms with Crippen LogP contribution in [0.3, 0.4) is 0 Å². The molecule has 2 N–H and O–H groups in total. The zero-order chi connectivity index (χ0) is 21.1. The smallest absolute Gasteiger partial charge is 0.119 e. The van der Waals surface area contributed by atoms with E-state index in [-0.39, 0.29) is 17.9 Å². The van der Waals surface area contributed by atoms with Crippen LogP contribution in [0.5, 0.6) is 5.75 Å². The molecule has 0 fully saturated rings. The van der Waals surface area contributed by atoms with Crippen molar-refractivity contribution in [2.45, 2.75) is 32.3 Å². The molecule has 0 aromatic heterocycles. The van der Waals surface area contributed by atoms with Crippen LogP contribution in [0.4, 0.5) is 0 Å². The molecule has 2 atom stereocenters. The molecular formula is C15H25NO3. The molecule has 0 saturated carbocycles. The fraction of sp³-hybridized carbons (Fsp3) is 0.600. The zero-order valence-corrected chi connectivity index (χ0v) is 11.1. The first-order chi connectivity index (χ1) is 12.1. The first-order valence-corrected chi connectivity index (χ1v) is 5.87. The first-order valence-electron chi connectivity index (χ1n) is 9.87. The molecular weight excluding hydrogens is 242 g/mol. The molecule has 4 nitrogen and oxygen atoms in total. The molecule has 0 aliphatic carbocycles. The molecule has 0 bridgehead atoms. The lowest BCUT2D eigenvalue weighted by Gasteiger charge is -2.15. The Morgan fingerprint density at radius 1 is 1.47 bits per heavy atom. The van der Waals surface area contributed by atoms with Crippen molar-refractivity contribution in [3.8, 4) is 5.75 Å². The van der Waals surface area contributed by atoms with E-state index in [1.807, 2.05) is 0 Å². The van der Waals surface area contributed by atoms with E-state index >= 15 is 0 Å². The van der Waals surface area contributed by atoms with Crippen molar-refractivity contribution >= 4 is 0 Å². The highest BCUT2D eigenvalue weighted by Gasteiger charge is 2.05. The second kappa shape index (κ2) is 8.91. The molecule has 108 valence electrons. The van der Waals surface area contributed by atoms with Crippen molar-refractivity contribution in [3.05, 3.63) is 29.8 Å². The minimum Gasteiger partial charge on any atom is -0.491 e. The van der Waals surface area contributed by atoms with Gasteiger partial charge in [-0.15, -0.1) is 0 Å². The topological polar surface area (TPSA) is 50.7 Å². The van der Waals surface area contributed by atoms with Gasteiger partial charge >= 0.3 is 0 Å². The summed E-state index contributed by atoms with van der Waals surface area (Å²) in [5, 5.41) is 12.5. The summed E-state index contributed by atoms with van der Waals surface area (Å²) in [6.07, 6.45) is -4.47. The number of benzene rings is 1. The SMILES string of the molecule is [2H]C(O)(CNC(C)C([2H])([2H])[2H])COc1ccc(C([2H])([2H])C([2H])([2H])OC)cc1. The lowest BCUT2D eigenvalue weighted by atomic mass is 10.1.